The number of amides is 1. The molecule has 0 atom stereocenters. The van der Waals surface area contributed by atoms with Gasteiger partial charge in [0.1, 0.15) is 0 Å². The van der Waals surface area contributed by atoms with Crippen LogP contribution in [0.2, 0.25) is 0 Å². The zero-order valence-corrected chi connectivity index (χ0v) is 14.9. The first-order valence-corrected chi connectivity index (χ1v) is 9.68. The van der Waals surface area contributed by atoms with E-state index in [9.17, 15) is 4.79 Å². The molecule has 126 valence electrons. The van der Waals surface area contributed by atoms with Crippen LogP contribution in [0.5, 0.6) is 0 Å². The van der Waals surface area contributed by atoms with E-state index in [0.29, 0.717) is 12.6 Å². The highest BCUT2D eigenvalue weighted by Gasteiger charge is 2.36. The van der Waals surface area contributed by atoms with Gasteiger partial charge in [-0.2, -0.15) is 11.3 Å². The average molecular weight is 347 g/mol. The summed E-state index contributed by atoms with van der Waals surface area (Å²) in [6, 6.07) is 22.8. The van der Waals surface area contributed by atoms with Crippen molar-refractivity contribution in [2.45, 2.75) is 31.3 Å². The zero-order valence-electron chi connectivity index (χ0n) is 14.0. The fraction of sp³-hybridized carbons (Fsp3) is 0.227. The van der Waals surface area contributed by atoms with Crippen LogP contribution in [0, 0.1) is 0 Å². The van der Waals surface area contributed by atoms with E-state index >= 15 is 0 Å². The molecule has 1 heterocycles. The van der Waals surface area contributed by atoms with Crippen LogP contribution in [0.15, 0.2) is 77.5 Å². The molecule has 4 rings (SSSR count). The molecule has 0 aliphatic heterocycles. The van der Waals surface area contributed by atoms with Crippen LogP contribution in [0.4, 0.5) is 0 Å². The molecule has 0 unspecified atom stereocenters. The van der Waals surface area contributed by atoms with Crippen molar-refractivity contribution in [3.05, 3.63) is 94.2 Å². The molecule has 2 aromatic carbocycles. The number of carbonyl (C=O) groups is 1. The van der Waals surface area contributed by atoms with E-state index in [1.807, 2.05) is 36.4 Å². The van der Waals surface area contributed by atoms with Crippen LogP contribution in [0.3, 0.4) is 0 Å². The summed E-state index contributed by atoms with van der Waals surface area (Å²) in [5.74, 6) is -0.0206. The molecule has 1 aliphatic carbocycles. The minimum atomic E-state index is -0.235. The second-order valence-corrected chi connectivity index (χ2v) is 7.36. The lowest BCUT2D eigenvalue weighted by atomic mass is 9.90. The van der Waals surface area contributed by atoms with E-state index < -0.39 is 0 Å². The lowest BCUT2D eigenvalue weighted by Gasteiger charge is -2.28. The first-order chi connectivity index (χ1) is 12.3. The normalized spacial score (nSPS) is 13.8. The number of hydrogen-bond acceptors (Lipinski definition) is 2. The van der Waals surface area contributed by atoms with Crippen molar-refractivity contribution in [3.8, 4) is 0 Å². The Labute approximate surface area is 152 Å². The first-order valence-electron chi connectivity index (χ1n) is 8.74. The molecule has 0 N–H and O–H groups in total. The predicted molar refractivity (Wildman–Crippen MR) is 103 cm³/mol. The van der Waals surface area contributed by atoms with Crippen LogP contribution in [-0.2, 0) is 11.3 Å². The fourth-order valence-electron chi connectivity index (χ4n) is 3.29. The Bertz CT molecular complexity index is 770. The van der Waals surface area contributed by atoms with E-state index in [1.165, 1.54) is 5.56 Å². The molecule has 3 aromatic rings. The van der Waals surface area contributed by atoms with E-state index in [4.69, 9.17) is 0 Å². The summed E-state index contributed by atoms with van der Waals surface area (Å²) in [5.41, 5.74) is 3.36. The summed E-state index contributed by atoms with van der Waals surface area (Å²) in [4.78, 5) is 15.7. The zero-order chi connectivity index (χ0) is 17.1. The molecule has 25 heavy (non-hydrogen) atoms. The number of thiophene rings is 1. The first kappa shape index (κ1) is 16.1. The summed E-state index contributed by atoms with van der Waals surface area (Å²) < 4.78 is 0. The Balaban J connectivity index is 1.69. The maximum Gasteiger partial charge on any atom is 0.235 e. The molecule has 1 aromatic heterocycles. The Morgan fingerprint density at radius 2 is 1.56 bits per heavy atom. The van der Waals surface area contributed by atoms with Gasteiger partial charge in [-0.3, -0.25) is 4.79 Å². The summed E-state index contributed by atoms with van der Waals surface area (Å²) in [7, 11) is 0. The molecule has 1 saturated carbocycles. The minimum Gasteiger partial charge on any atom is -0.335 e. The molecular formula is C22H21NOS. The van der Waals surface area contributed by atoms with Crippen molar-refractivity contribution in [2.75, 3.05) is 0 Å². The maximum absolute atomic E-state index is 13.6. The van der Waals surface area contributed by atoms with E-state index in [0.717, 1.165) is 24.0 Å². The van der Waals surface area contributed by atoms with Gasteiger partial charge in [0.05, 0.1) is 5.92 Å². The Kier molecular flexibility index (Phi) is 4.66. The number of rotatable bonds is 6. The van der Waals surface area contributed by atoms with Gasteiger partial charge in [0.15, 0.2) is 0 Å². The third-order valence-corrected chi connectivity index (χ3v) is 5.45. The smallest absolute Gasteiger partial charge is 0.235 e. The molecule has 2 nitrogen and oxygen atoms in total. The molecule has 1 amide bonds. The third kappa shape index (κ3) is 3.67. The maximum atomic E-state index is 13.6. The number of hydrogen-bond donors (Lipinski definition) is 0. The van der Waals surface area contributed by atoms with Gasteiger partial charge in [-0.25, -0.2) is 0 Å². The molecular weight excluding hydrogens is 326 g/mol. The van der Waals surface area contributed by atoms with Crippen molar-refractivity contribution in [2.24, 2.45) is 0 Å². The van der Waals surface area contributed by atoms with Crippen molar-refractivity contribution in [1.29, 1.82) is 0 Å². The van der Waals surface area contributed by atoms with Crippen molar-refractivity contribution < 1.29 is 4.79 Å². The van der Waals surface area contributed by atoms with Gasteiger partial charge in [0, 0.05) is 12.6 Å². The standard InChI is InChI=1S/C22H21NOS/c24-22(23(20-11-12-20)15-17-13-14-25-16-17)21(18-7-3-1-4-8-18)19-9-5-2-6-10-19/h1-10,13-14,16,20-21H,11-12,15H2. The van der Waals surface area contributed by atoms with E-state index in [2.05, 4.69) is 46.0 Å². The number of benzene rings is 2. The van der Waals surface area contributed by atoms with E-state index in [-0.39, 0.29) is 11.8 Å². The molecule has 0 spiro atoms. The largest absolute Gasteiger partial charge is 0.335 e. The second-order valence-electron chi connectivity index (χ2n) is 6.58. The number of carbonyl (C=O) groups excluding carboxylic acids is 1. The summed E-state index contributed by atoms with van der Waals surface area (Å²) >= 11 is 1.69. The minimum absolute atomic E-state index is 0.214. The molecule has 0 saturated heterocycles. The van der Waals surface area contributed by atoms with Crippen molar-refractivity contribution in [1.82, 2.24) is 4.90 Å². The Morgan fingerprint density at radius 1 is 0.960 bits per heavy atom. The van der Waals surface area contributed by atoms with Gasteiger partial charge in [0.2, 0.25) is 5.91 Å². The highest BCUT2D eigenvalue weighted by molar-refractivity contribution is 7.07. The fourth-order valence-corrected chi connectivity index (χ4v) is 3.95. The van der Waals surface area contributed by atoms with E-state index in [1.54, 1.807) is 11.3 Å². The highest BCUT2D eigenvalue weighted by atomic mass is 32.1. The molecule has 0 radical (unpaired) electrons. The monoisotopic (exact) mass is 347 g/mol. The van der Waals surface area contributed by atoms with Crippen LogP contribution in [0.25, 0.3) is 0 Å². The summed E-state index contributed by atoms with van der Waals surface area (Å²) in [5, 5.41) is 4.22. The van der Waals surface area contributed by atoms with Gasteiger partial charge < -0.3 is 4.90 Å². The van der Waals surface area contributed by atoms with Gasteiger partial charge in [-0.1, -0.05) is 60.7 Å². The van der Waals surface area contributed by atoms with Crippen molar-refractivity contribution in [3.63, 3.8) is 0 Å². The Morgan fingerprint density at radius 3 is 2.04 bits per heavy atom. The van der Waals surface area contributed by atoms with Crippen molar-refractivity contribution >= 4 is 17.2 Å². The van der Waals surface area contributed by atoms with Crippen LogP contribution >= 0.6 is 11.3 Å². The number of nitrogens with zero attached hydrogens (tertiary/aromatic N) is 1. The van der Waals surface area contributed by atoms with Gasteiger partial charge in [0.25, 0.3) is 0 Å². The second kappa shape index (κ2) is 7.24. The quantitative estimate of drug-likeness (QED) is 0.609. The van der Waals surface area contributed by atoms with Gasteiger partial charge >= 0.3 is 0 Å². The van der Waals surface area contributed by atoms with Gasteiger partial charge in [-0.15, -0.1) is 0 Å². The van der Waals surface area contributed by atoms with Crippen LogP contribution in [-0.4, -0.2) is 16.8 Å². The lowest BCUT2D eigenvalue weighted by Crippen LogP contribution is -2.36. The Hall–Kier alpha value is -2.39. The summed E-state index contributed by atoms with van der Waals surface area (Å²) in [6.45, 7) is 0.711. The molecule has 1 fully saturated rings. The summed E-state index contributed by atoms with van der Waals surface area (Å²) in [6.07, 6.45) is 2.23. The van der Waals surface area contributed by atoms with Crippen LogP contribution in [0.1, 0.15) is 35.4 Å². The predicted octanol–water partition coefficient (Wildman–Crippen LogP) is 5.07. The lowest BCUT2D eigenvalue weighted by molar-refractivity contribution is -0.133. The molecule has 3 heteroatoms. The van der Waals surface area contributed by atoms with Gasteiger partial charge in [-0.05, 0) is 46.4 Å². The molecule has 0 bridgehead atoms. The topological polar surface area (TPSA) is 20.3 Å². The SMILES string of the molecule is O=C(C(c1ccccc1)c1ccccc1)N(Cc1ccsc1)C1CC1. The highest BCUT2D eigenvalue weighted by Crippen LogP contribution is 2.34. The third-order valence-electron chi connectivity index (χ3n) is 4.72. The molecule has 1 aliphatic rings. The average Bonchev–Trinajstić information content (AvgIpc) is 3.37. The van der Waals surface area contributed by atoms with Crippen LogP contribution < -0.4 is 0 Å².